The Labute approximate surface area is 150 Å². The molecule has 1 aliphatic heterocycles. The molecule has 0 aliphatic carbocycles. The predicted octanol–water partition coefficient (Wildman–Crippen LogP) is 2.64. The van der Waals surface area contributed by atoms with Gasteiger partial charge in [-0.3, -0.25) is 9.59 Å². The summed E-state index contributed by atoms with van der Waals surface area (Å²) in [5.41, 5.74) is 0.734. The molecular formula is C18H20N2O4S. The van der Waals surface area contributed by atoms with Crippen molar-refractivity contribution in [1.29, 1.82) is 0 Å². The molecule has 0 N–H and O–H groups in total. The molecule has 1 aromatic carbocycles. The van der Waals surface area contributed by atoms with Crippen LogP contribution < -0.4 is 14.4 Å². The summed E-state index contributed by atoms with van der Waals surface area (Å²) in [7, 11) is 3.13. The second-order valence-electron chi connectivity index (χ2n) is 5.68. The molecule has 25 heavy (non-hydrogen) atoms. The molecule has 1 aromatic heterocycles. The van der Waals surface area contributed by atoms with Crippen LogP contribution in [-0.2, 0) is 4.79 Å². The molecule has 1 unspecified atom stereocenters. The van der Waals surface area contributed by atoms with Crippen LogP contribution in [0, 0.1) is 0 Å². The van der Waals surface area contributed by atoms with Crippen molar-refractivity contribution in [3.8, 4) is 11.5 Å². The number of thiophene rings is 1. The van der Waals surface area contributed by atoms with Crippen LogP contribution in [0.15, 0.2) is 35.7 Å². The first-order chi connectivity index (χ1) is 12.1. The first-order valence-electron chi connectivity index (χ1n) is 7.94. The van der Waals surface area contributed by atoms with Crippen molar-refractivity contribution in [2.24, 2.45) is 0 Å². The fourth-order valence-corrected chi connectivity index (χ4v) is 3.62. The number of piperazine rings is 1. The van der Waals surface area contributed by atoms with Crippen molar-refractivity contribution in [1.82, 2.24) is 4.90 Å². The third kappa shape index (κ3) is 3.19. The van der Waals surface area contributed by atoms with Gasteiger partial charge in [-0.25, -0.2) is 0 Å². The quantitative estimate of drug-likeness (QED) is 0.841. The fourth-order valence-electron chi connectivity index (χ4n) is 2.94. The van der Waals surface area contributed by atoms with Crippen molar-refractivity contribution >= 4 is 28.8 Å². The number of nitrogens with zero attached hydrogens (tertiary/aromatic N) is 2. The van der Waals surface area contributed by atoms with E-state index in [4.69, 9.17) is 9.47 Å². The number of carbonyl (C=O) groups is 2. The van der Waals surface area contributed by atoms with Gasteiger partial charge in [0.25, 0.3) is 5.91 Å². The standard InChI is InChI=1S/C18H20N2O4S/c1-12-17(21)20(13-6-7-14(23-2)15(11-13)24-3)9-8-19(12)18(22)16-5-4-10-25-16/h4-7,10-12H,8-9H2,1-3H3. The summed E-state index contributed by atoms with van der Waals surface area (Å²) in [5, 5.41) is 1.86. The van der Waals surface area contributed by atoms with Crippen molar-refractivity contribution in [3.05, 3.63) is 40.6 Å². The molecule has 1 saturated heterocycles. The number of anilines is 1. The van der Waals surface area contributed by atoms with Gasteiger partial charge in [0, 0.05) is 24.8 Å². The van der Waals surface area contributed by atoms with E-state index in [9.17, 15) is 9.59 Å². The SMILES string of the molecule is COc1ccc(N2CCN(C(=O)c3cccs3)C(C)C2=O)cc1OC. The molecule has 1 fully saturated rings. The van der Waals surface area contributed by atoms with Gasteiger partial charge in [0.05, 0.1) is 19.1 Å². The van der Waals surface area contributed by atoms with Crippen LogP contribution in [0.25, 0.3) is 0 Å². The lowest BCUT2D eigenvalue weighted by atomic mass is 10.1. The van der Waals surface area contributed by atoms with E-state index in [-0.39, 0.29) is 11.8 Å². The third-order valence-corrected chi connectivity index (χ3v) is 5.18. The van der Waals surface area contributed by atoms with Crippen molar-refractivity contribution < 1.29 is 19.1 Å². The van der Waals surface area contributed by atoms with E-state index in [2.05, 4.69) is 0 Å². The van der Waals surface area contributed by atoms with E-state index in [1.165, 1.54) is 11.3 Å². The Morgan fingerprint density at radius 2 is 1.92 bits per heavy atom. The highest BCUT2D eigenvalue weighted by atomic mass is 32.1. The maximum atomic E-state index is 12.8. The minimum Gasteiger partial charge on any atom is -0.493 e. The summed E-state index contributed by atoms with van der Waals surface area (Å²) in [6.45, 7) is 2.69. The normalized spacial score (nSPS) is 17.6. The number of hydrogen-bond acceptors (Lipinski definition) is 5. The van der Waals surface area contributed by atoms with Crippen LogP contribution in [0.5, 0.6) is 11.5 Å². The van der Waals surface area contributed by atoms with Gasteiger partial charge in [0.1, 0.15) is 6.04 Å². The minimum absolute atomic E-state index is 0.0946. The zero-order valence-electron chi connectivity index (χ0n) is 14.4. The molecule has 7 heteroatoms. The molecule has 1 aliphatic rings. The molecule has 3 rings (SSSR count). The smallest absolute Gasteiger partial charge is 0.264 e. The number of carbonyl (C=O) groups excluding carboxylic acids is 2. The number of benzene rings is 1. The highest BCUT2D eigenvalue weighted by molar-refractivity contribution is 7.12. The maximum Gasteiger partial charge on any atom is 0.264 e. The largest absolute Gasteiger partial charge is 0.493 e. The van der Waals surface area contributed by atoms with Crippen LogP contribution in [-0.4, -0.2) is 50.1 Å². The molecular weight excluding hydrogens is 340 g/mol. The summed E-state index contributed by atoms with van der Waals surface area (Å²) < 4.78 is 10.5. The molecule has 0 spiro atoms. The predicted molar refractivity (Wildman–Crippen MR) is 96.7 cm³/mol. The summed E-state index contributed by atoms with van der Waals surface area (Å²) >= 11 is 1.39. The summed E-state index contributed by atoms with van der Waals surface area (Å²) in [6.07, 6.45) is 0. The first-order valence-corrected chi connectivity index (χ1v) is 8.82. The number of methoxy groups -OCH3 is 2. The van der Waals surface area contributed by atoms with E-state index in [0.717, 1.165) is 5.69 Å². The summed E-state index contributed by atoms with van der Waals surface area (Å²) in [6, 6.07) is 8.48. The van der Waals surface area contributed by atoms with Gasteiger partial charge in [-0.1, -0.05) is 6.07 Å². The van der Waals surface area contributed by atoms with Crippen LogP contribution in [0.4, 0.5) is 5.69 Å². The Morgan fingerprint density at radius 1 is 1.16 bits per heavy atom. The number of hydrogen-bond donors (Lipinski definition) is 0. The zero-order chi connectivity index (χ0) is 18.0. The van der Waals surface area contributed by atoms with Gasteiger partial charge in [-0.2, -0.15) is 0 Å². The second-order valence-corrected chi connectivity index (χ2v) is 6.63. The molecule has 6 nitrogen and oxygen atoms in total. The van der Waals surface area contributed by atoms with Crippen molar-refractivity contribution in [2.75, 3.05) is 32.2 Å². The Bertz CT molecular complexity index is 775. The Morgan fingerprint density at radius 3 is 2.56 bits per heavy atom. The van der Waals surface area contributed by atoms with Gasteiger partial charge in [0.15, 0.2) is 11.5 Å². The van der Waals surface area contributed by atoms with E-state index in [1.54, 1.807) is 49.1 Å². The topological polar surface area (TPSA) is 59.1 Å². The first kappa shape index (κ1) is 17.3. The highest BCUT2D eigenvalue weighted by Crippen LogP contribution is 2.32. The molecule has 2 amide bonds. The lowest BCUT2D eigenvalue weighted by molar-refractivity contribution is -0.124. The number of ether oxygens (including phenoxy) is 2. The lowest BCUT2D eigenvalue weighted by Gasteiger charge is -2.39. The van der Waals surface area contributed by atoms with Gasteiger partial charge < -0.3 is 19.3 Å². The van der Waals surface area contributed by atoms with E-state index in [1.807, 2.05) is 17.5 Å². The van der Waals surface area contributed by atoms with Crippen LogP contribution in [0.1, 0.15) is 16.6 Å². The fraction of sp³-hybridized carbons (Fsp3) is 0.333. The second kappa shape index (κ2) is 7.14. The highest BCUT2D eigenvalue weighted by Gasteiger charge is 2.35. The summed E-state index contributed by atoms with van der Waals surface area (Å²) in [4.78, 5) is 29.4. The lowest BCUT2D eigenvalue weighted by Crippen LogP contribution is -2.57. The minimum atomic E-state index is -0.517. The van der Waals surface area contributed by atoms with E-state index >= 15 is 0 Å². The number of amides is 2. The van der Waals surface area contributed by atoms with Gasteiger partial charge >= 0.3 is 0 Å². The molecule has 2 heterocycles. The molecule has 0 saturated carbocycles. The van der Waals surface area contributed by atoms with Crippen LogP contribution in [0.2, 0.25) is 0 Å². The molecule has 0 bridgehead atoms. The molecule has 0 radical (unpaired) electrons. The molecule has 132 valence electrons. The monoisotopic (exact) mass is 360 g/mol. The van der Waals surface area contributed by atoms with Crippen LogP contribution >= 0.6 is 11.3 Å². The zero-order valence-corrected chi connectivity index (χ0v) is 15.2. The van der Waals surface area contributed by atoms with Crippen molar-refractivity contribution in [2.45, 2.75) is 13.0 Å². The van der Waals surface area contributed by atoms with Crippen molar-refractivity contribution in [3.63, 3.8) is 0 Å². The molecule has 2 aromatic rings. The van der Waals surface area contributed by atoms with E-state index in [0.29, 0.717) is 29.5 Å². The Hall–Kier alpha value is -2.54. The summed E-state index contributed by atoms with van der Waals surface area (Å²) in [5.74, 6) is 0.974. The van der Waals surface area contributed by atoms with Crippen LogP contribution in [0.3, 0.4) is 0 Å². The maximum absolute atomic E-state index is 12.8. The molecule has 1 atom stereocenters. The third-order valence-electron chi connectivity index (χ3n) is 4.33. The average molecular weight is 360 g/mol. The van der Waals surface area contributed by atoms with Gasteiger partial charge in [0.2, 0.25) is 5.91 Å². The Kier molecular flexibility index (Phi) is 4.94. The average Bonchev–Trinajstić information content (AvgIpc) is 3.17. The van der Waals surface area contributed by atoms with Gasteiger partial charge in [-0.15, -0.1) is 11.3 Å². The Balaban J connectivity index is 1.81. The van der Waals surface area contributed by atoms with E-state index < -0.39 is 6.04 Å². The number of rotatable bonds is 4. The van der Waals surface area contributed by atoms with Gasteiger partial charge in [-0.05, 0) is 30.5 Å².